The zero-order valence-electron chi connectivity index (χ0n) is 13.5. The molecule has 3 atom stereocenters. The fourth-order valence-electron chi connectivity index (χ4n) is 4.61. The molecule has 1 aliphatic carbocycles. The number of nitrogens with two attached hydrogens (primary N) is 1. The van der Waals surface area contributed by atoms with E-state index in [1.54, 1.807) is 0 Å². The third kappa shape index (κ3) is 3.00. The van der Waals surface area contributed by atoms with E-state index in [-0.39, 0.29) is 0 Å². The summed E-state index contributed by atoms with van der Waals surface area (Å²) in [5, 5.41) is 0. The van der Waals surface area contributed by atoms with Crippen LogP contribution in [-0.2, 0) is 0 Å². The Hall–Kier alpha value is -0.0800. The van der Waals surface area contributed by atoms with Crippen LogP contribution in [0.4, 0.5) is 0 Å². The van der Waals surface area contributed by atoms with Crippen LogP contribution in [-0.4, -0.2) is 29.1 Å². The van der Waals surface area contributed by atoms with E-state index in [1.807, 2.05) is 0 Å². The summed E-state index contributed by atoms with van der Waals surface area (Å²) >= 11 is 0. The highest BCUT2D eigenvalue weighted by atomic mass is 15.3. The molecule has 0 aromatic carbocycles. The van der Waals surface area contributed by atoms with Crippen LogP contribution in [0.15, 0.2) is 0 Å². The smallest absolute Gasteiger partial charge is 0.0337 e. The molecule has 0 amide bonds. The molecule has 19 heavy (non-hydrogen) atoms. The van der Waals surface area contributed by atoms with Crippen molar-refractivity contribution in [1.82, 2.24) is 4.90 Å². The summed E-state index contributed by atoms with van der Waals surface area (Å²) in [5.74, 6) is 0. The molecule has 1 saturated carbocycles. The lowest BCUT2D eigenvalue weighted by Crippen LogP contribution is -2.57. The number of nitrogens with zero attached hydrogens (tertiary/aromatic N) is 1. The maximum Gasteiger partial charge on any atom is 0.0337 e. The predicted octanol–water partition coefficient (Wildman–Crippen LogP) is 3.94. The molecule has 2 N–H and O–H groups in total. The number of likely N-dealkylation sites (tertiary alicyclic amines) is 1. The summed E-state index contributed by atoms with van der Waals surface area (Å²) < 4.78 is 0. The maximum absolute atomic E-state index is 6.31. The molecule has 3 unspecified atom stereocenters. The van der Waals surface area contributed by atoms with Crippen molar-refractivity contribution in [3.8, 4) is 0 Å². The summed E-state index contributed by atoms with van der Waals surface area (Å²) in [5.41, 5.74) is 7.13. The van der Waals surface area contributed by atoms with E-state index in [0.29, 0.717) is 11.0 Å². The van der Waals surface area contributed by atoms with Gasteiger partial charge in [0.2, 0.25) is 0 Å². The lowest BCUT2D eigenvalue weighted by atomic mass is 9.82. The number of hydrogen-bond donors (Lipinski definition) is 1. The first kappa shape index (κ1) is 15.3. The van der Waals surface area contributed by atoms with Crippen molar-refractivity contribution in [3.05, 3.63) is 0 Å². The molecular weight excluding hydrogens is 232 g/mol. The summed E-state index contributed by atoms with van der Waals surface area (Å²) in [4.78, 5) is 2.84. The van der Waals surface area contributed by atoms with Crippen LogP contribution in [0.25, 0.3) is 0 Å². The zero-order valence-corrected chi connectivity index (χ0v) is 13.5. The van der Waals surface area contributed by atoms with Crippen LogP contribution in [0.1, 0.15) is 79.1 Å². The standard InChI is InChI=1S/C17H34N2/c1-5-15-8-7-14(2)19(15)17(13-18)10-6-9-16(3,4)11-12-17/h14-15H,5-13,18H2,1-4H3. The molecule has 112 valence electrons. The molecule has 2 aliphatic rings. The van der Waals surface area contributed by atoms with Gasteiger partial charge in [-0.3, -0.25) is 4.90 Å². The third-order valence-corrected chi connectivity index (χ3v) is 5.95. The van der Waals surface area contributed by atoms with Gasteiger partial charge in [-0.2, -0.15) is 0 Å². The molecule has 2 nitrogen and oxygen atoms in total. The SMILES string of the molecule is CCC1CCC(C)N1C1(CN)CCCC(C)(C)CC1. The molecular formula is C17H34N2. The quantitative estimate of drug-likeness (QED) is 0.784. The maximum atomic E-state index is 6.31. The summed E-state index contributed by atoms with van der Waals surface area (Å²) in [6.45, 7) is 10.5. The van der Waals surface area contributed by atoms with Crippen LogP contribution in [0.2, 0.25) is 0 Å². The molecule has 0 spiro atoms. The van der Waals surface area contributed by atoms with Crippen LogP contribution in [0, 0.1) is 5.41 Å². The molecule has 0 bridgehead atoms. The Morgan fingerprint density at radius 2 is 1.84 bits per heavy atom. The monoisotopic (exact) mass is 266 g/mol. The second-order valence-electron chi connectivity index (χ2n) is 7.84. The van der Waals surface area contributed by atoms with Gasteiger partial charge in [0.05, 0.1) is 0 Å². The zero-order chi connectivity index (χ0) is 14.1. The van der Waals surface area contributed by atoms with Crippen molar-refractivity contribution in [1.29, 1.82) is 0 Å². The van der Waals surface area contributed by atoms with E-state index < -0.39 is 0 Å². The molecule has 2 fully saturated rings. The van der Waals surface area contributed by atoms with Crippen molar-refractivity contribution in [3.63, 3.8) is 0 Å². The van der Waals surface area contributed by atoms with Gasteiger partial charge in [-0.05, 0) is 57.3 Å². The Balaban J connectivity index is 2.21. The van der Waals surface area contributed by atoms with Gasteiger partial charge in [-0.15, -0.1) is 0 Å². The van der Waals surface area contributed by atoms with Crippen molar-refractivity contribution in [2.45, 2.75) is 96.7 Å². The average Bonchev–Trinajstić information content (AvgIpc) is 2.67. The minimum atomic E-state index is 0.296. The van der Waals surface area contributed by atoms with Gasteiger partial charge in [0.25, 0.3) is 0 Å². The van der Waals surface area contributed by atoms with Gasteiger partial charge in [0.1, 0.15) is 0 Å². The topological polar surface area (TPSA) is 29.3 Å². The van der Waals surface area contributed by atoms with Crippen LogP contribution >= 0.6 is 0 Å². The molecule has 1 heterocycles. The third-order valence-electron chi connectivity index (χ3n) is 5.95. The van der Waals surface area contributed by atoms with E-state index in [0.717, 1.165) is 18.6 Å². The van der Waals surface area contributed by atoms with Gasteiger partial charge in [-0.25, -0.2) is 0 Å². The molecule has 0 radical (unpaired) electrons. The van der Waals surface area contributed by atoms with Crippen LogP contribution in [0.3, 0.4) is 0 Å². The second-order valence-corrected chi connectivity index (χ2v) is 7.84. The Kier molecular flexibility index (Phi) is 4.62. The van der Waals surface area contributed by atoms with Crippen molar-refractivity contribution < 1.29 is 0 Å². The lowest BCUT2D eigenvalue weighted by molar-refractivity contribution is 0.0311. The van der Waals surface area contributed by atoms with Gasteiger partial charge in [-0.1, -0.05) is 27.2 Å². The molecule has 1 saturated heterocycles. The minimum absolute atomic E-state index is 0.296. The highest BCUT2D eigenvalue weighted by Gasteiger charge is 2.45. The van der Waals surface area contributed by atoms with Crippen molar-refractivity contribution >= 4 is 0 Å². The van der Waals surface area contributed by atoms with E-state index in [4.69, 9.17) is 5.73 Å². The molecule has 0 aromatic rings. The fourth-order valence-corrected chi connectivity index (χ4v) is 4.61. The Morgan fingerprint density at radius 3 is 2.47 bits per heavy atom. The highest BCUT2D eigenvalue weighted by Crippen LogP contribution is 2.44. The van der Waals surface area contributed by atoms with Crippen molar-refractivity contribution in [2.24, 2.45) is 11.1 Å². The lowest BCUT2D eigenvalue weighted by Gasteiger charge is -2.47. The van der Waals surface area contributed by atoms with Crippen LogP contribution in [0.5, 0.6) is 0 Å². The fraction of sp³-hybridized carbons (Fsp3) is 1.00. The molecule has 0 aromatic heterocycles. The first-order valence-corrected chi connectivity index (χ1v) is 8.43. The summed E-state index contributed by atoms with van der Waals surface area (Å²) in [6, 6.07) is 1.51. The Labute approximate surface area is 120 Å². The first-order valence-electron chi connectivity index (χ1n) is 8.43. The normalized spacial score (nSPS) is 40.3. The van der Waals surface area contributed by atoms with E-state index in [1.165, 1.54) is 51.4 Å². The summed E-state index contributed by atoms with van der Waals surface area (Å²) in [6.07, 6.45) is 10.7. The highest BCUT2D eigenvalue weighted by molar-refractivity contribution is 5.02. The second kappa shape index (κ2) is 5.73. The average molecular weight is 266 g/mol. The van der Waals surface area contributed by atoms with Crippen molar-refractivity contribution in [2.75, 3.05) is 6.54 Å². The number of hydrogen-bond acceptors (Lipinski definition) is 2. The molecule has 1 aliphatic heterocycles. The van der Waals surface area contributed by atoms with Gasteiger partial charge >= 0.3 is 0 Å². The van der Waals surface area contributed by atoms with E-state index in [2.05, 4.69) is 32.6 Å². The minimum Gasteiger partial charge on any atom is -0.329 e. The summed E-state index contributed by atoms with van der Waals surface area (Å²) in [7, 11) is 0. The van der Waals surface area contributed by atoms with Gasteiger partial charge in [0, 0.05) is 24.2 Å². The van der Waals surface area contributed by atoms with E-state index in [9.17, 15) is 0 Å². The Morgan fingerprint density at radius 1 is 1.11 bits per heavy atom. The van der Waals surface area contributed by atoms with E-state index >= 15 is 0 Å². The Bertz CT molecular complexity index is 300. The first-order chi connectivity index (χ1) is 8.94. The van der Waals surface area contributed by atoms with Gasteiger partial charge < -0.3 is 5.73 Å². The van der Waals surface area contributed by atoms with Crippen LogP contribution < -0.4 is 5.73 Å². The van der Waals surface area contributed by atoms with Gasteiger partial charge in [0.15, 0.2) is 0 Å². The predicted molar refractivity (Wildman–Crippen MR) is 83.3 cm³/mol. The number of rotatable bonds is 3. The molecule has 2 heteroatoms. The molecule has 2 rings (SSSR count). The largest absolute Gasteiger partial charge is 0.329 e.